The maximum atomic E-state index is 10.5. The van der Waals surface area contributed by atoms with E-state index in [4.69, 9.17) is 11.6 Å². The van der Waals surface area contributed by atoms with Crippen molar-refractivity contribution in [2.24, 2.45) is 12.1 Å². The lowest BCUT2D eigenvalue weighted by atomic mass is 10.1. The van der Waals surface area contributed by atoms with Gasteiger partial charge < -0.3 is 5.11 Å². The standard InChI is InChI=1S/C15H15ClN4O/c1-15(21)8-7-14(11-3-5-12(16)6-4-11)18-20(15)13-9-17-19(2)10-13/h3-10,21H,1-2H3/t15-/m1/s1. The van der Waals surface area contributed by atoms with Crippen molar-refractivity contribution in [1.82, 2.24) is 9.78 Å². The first kappa shape index (κ1) is 13.9. The third-order valence-electron chi connectivity index (χ3n) is 3.27. The van der Waals surface area contributed by atoms with Crippen LogP contribution in [0.25, 0.3) is 0 Å². The molecule has 21 heavy (non-hydrogen) atoms. The van der Waals surface area contributed by atoms with Gasteiger partial charge in [0.1, 0.15) is 5.69 Å². The van der Waals surface area contributed by atoms with E-state index in [1.165, 1.54) is 0 Å². The molecule has 2 aromatic rings. The summed E-state index contributed by atoms with van der Waals surface area (Å²) < 4.78 is 1.67. The van der Waals surface area contributed by atoms with Crippen LogP contribution in [-0.4, -0.2) is 26.3 Å². The van der Waals surface area contributed by atoms with E-state index in [2.05, 4.69) is 10.2 Å². The van der Waals surface area contributed by atoms with Gasteiger partial charge in [0.2, 0.25) is 0 Å². The lowest BCUT2D eigenvalue weighted by Gasteiger charge is -2.34. The lowest BCUT2D eigenvalue weighted by Crippen LogP contribution is -2.44. The van der Waals surface area contributed by atoms with Crippen LogP contribution in [0.5, 0.6) is 0 Å². The quantitative estimate of drug-likeness (QED) is 0.927. The van der Waals surface area contributed by atoms with Gasteiger partial charge in [-0.3, -0.25) is 4.68 Å². The highest BCUT2D eigenvalue weighted by Crippen LogP contribution is 2.27. The van der Waals surface area contributed by atoms with Crippen molar-refractivity contribution in [3.8, 4) is 0 Å². The maximum absolute atomic E-state index is 10.5. The predicted octanol–water partition coefficient (Wildman–Crippen LogP) is 2.56. The normalized spacial score (nSPS) is 21.5. The molecule has 5 nitrogen and oxygen atoms in total. The summed E-state index contributed by atoms with van der Waals surface area (Å²) in [5.74, 6) is 0. The van der Waals surface area contributed by atoms with Gasteiger partial charge in [-0.1, -0.05) is 23.7 Å². The number of benzene rings is 1. The number of aliphatic hydroxyl groups is 1. The molecule has 0 radical (unpaired) electrons. The molecule has 1 aliphatic rings. The molecule has 0 saturated heterocycles. The number of hydrogen-bond acceptors (Lipinski definition) is 4. The highest BCUT2D eigenvalue weighted by molar-refractivity contribution is 6.30. The molecule has 2 heterocycles. The first-order valence-electron chi connectivity index (χ1n) is 6.51. The third kappa shape index (κ3) is 2.70. The van der Waals surface area contributed by atoms with Crippen molar-refractivity contribution in [1.29, 1.82) is 0 Å². The number of allylic oxidation sites excluding steroid dienone is 1. The van der Waals surface area contributed by atoms with E-state index in [0.717, 1.165) is 17.0 Å². The summed E-state index contributed by atoms with van der Waals surface area (Å²) in [5.41, 5.74) is 1.21. The predicted molar refractivity (Wildman–Crippen MR) is 83.4 cm³/mol. The van der Waals surface area contributed by atoms with Crippen LogP contribution in [0.3, 0.4) is 0 Å². The largest absolute Gasteiger partial charge is 0.366 e. The first-order chi connectivity index (χ1) is 9.95. The summed E-state index contributed by atoms with van der Waals surface area (Å²) in [6, 6.07) is 7.42. The summed E-state index contributed by atoms with van der Waals surface area (Å²) >= 11 is 5.90. The highest BCUT2D eigenvalue weighted by atomic mass is 35.5. The molecule has 0 amide bonds. The molecular weight excluding hydrogens is 288 g/mol. The molecule has 108 valence electrons. The Morgan fingerprint density at radius 3 is 2.57 bits per heavy atom. The second-order valence-electron chi connectivity index (χ2n) is 5.10. The van der Waals surface area contributed by atoms with Crippen LogP contribution in [0.1, 0.15) is 12.5 Å². The average molecular weight is 303 g/mol. The molecule has 0 bridgehead atoms. The molecule has 3 rings (SSSR count). The number of aromatic nitrogens is 2. The van der Waals surface area contributed by atoms with Gasteiger partial charge >= 0.3 is 0 Å². The van der Waals surface area contributed by atoms with Gasteiger partial charge in [-0.25, -0.2) is 5.01 Å². The van der Waals surface area contributed by atoms with E-state index >= 15 is 0 Å². The van der Waals surface area contributed by atoms with E-state index in [-0.39, 0.29) is 0 Å². The fraction of sp³-hybridized carbons (Fsp3) is 0.200. The van der Waals surface area contributed by atoms with E-state index in [1.54, 1.807) is 41.2 Å². The van der Waals surface area contributed by atoms with Crippen molar-refractivity contribution in [2.75, 3.05) is 5.01 Å². The van der Waals surface area contributed by atoms with Crippen molar-refractivity contribution in [3.63, 3.8) is 0 Å². The third-order valence-corrected chi connectivity index (χ3v) is 3.52. The summed E-state index contributed by atoms with van der Waals surface area (Å²) in [6.07, 6.45) is 6.97. The number of hydrogen-bond donors (Lipinski definition) is 1. The van der Waals surface area contributed by atoms with E-state index < -0.39 is 5.72 Å². The van der Waals surface area contributed by atoms with E-state index in [1.807, 2.05) is 31.3 Å². The highest BCUT2D eigenvalue weighted by Gasteiger charge is 2.31. The number of anilines is 1. The van der Waals surface area contributed by atoms with Crippen molar-refractivity contribution < 1.29 is 5.11 Å². The number of rotatable bonds is 2. The van der Waals surface area contributed by atoms with Crippen LogP contribution in [0.4, 0.5) is 5.69 Å². The second kappa shape index (κ2) is 5.02. The van der Waals surface area contributed by atoms with Gasteiger partial charge in [0.05, 0.1) is 11.9 Å². The topological polar surface area (TPSA) is 53.7 Å². The molecule has 1 aromatic heterocycles. The summed E-state index contributed by atoms with van der Waals surface area (Å²) in [4.78, 5) is 0. The van der Waals surface area contributed by atoms with Crippen LogP contribution in [0.2, 0.25) is 5.02 Å². The Bertz CT molecular complexity index is 716. The number of nitrogens with zero attached hydrogens (tertiary/aromatic N) is 4. The first-order valence-corrected chi connectivity index (χ1v) is 6.88. The SMILES string of the molecule is Cn1cc(N2N=C(c3ccc(Cl)cc3)C=C[C@@]2(C)O)cn1. The Hall–Kier alpha value is -2.11. The molecule has 1 N–H and O–H groups in total. The van der Waals surface area contributed by atoms with Gasteiger partial charge in [-0.15, -0.1) is 0 Å². The van der Waals surface area contributed by atoms with Crippen molar-refractivity contribution >= 4 is 23.0 Å². The second-order valence-corrected chi connectivity index (χ2v) is 5.54. The summed E-state index contributed by atoms with van der Waals surface area (Å²) in [5, 5.41) is 21.4. The van der Waals surface area contributed by atoms with Crippen LogP contribution in [-0.2, 0) is 7.05 Å². The van der Waals surface area contributed by atoms with Crippen molar-refractivity contribution in [2.45, 2.75) is 12.6 Å². The van der Waals surface area contributed by atoms with Gasteiger partial charge in [-0.05, 0) is 31.2 Å². The van der Waals surface area contributed by atoms with Gasteiger partial charge in [0.25, 0.3) is 0 Å². The van der Waals surface area contributed by atoms with Gasteiger partial charge in [0, 0.05) is 23.8 Å². The molecule has 0 unspecified atom stereocenters. The molecular formula is C15H15ClN4O. The zero-order valence-electron chi connectivity index (χ0n) is 11.7. The number of hydrazone groups is 1. The number of halogens is 1. The molecule has 1 aliphatic heterocycles. The zero-order valence-corrected chi connectivity index (χ0v) is 12.5. The summed E-state index contributed by atoms with van der Waals surface area (Å²) in [6.45, 7) is 1.68. The summed E-state index contributed by atoms with van der Waals surface area (Å²) in [7, 11) is 1.82. The number of aryl methyl sites for hydroxylation is 1. The molecule has 0 fully saturated rings. The minimum atomic E-state index is -1.20. The van der Waals surface area contributed by atoms with Gasteiger partial charge in [0.15, 0.2) is 5.72 Å². The fourth-order valence-corrected chi connectivity index (χ4v) is 2.29. The lowest BCUT2D eigenvalue weighted by molar-refractivity contribution is 0.106. The molecule has 0 aliphatic carbocycles. The van der Waals surface area contributed by atoms with Crippen LogP contribution in [0, 0.1) is 0 Å². The molecule has 6 heteroatoms. The Kier molecular flexibility index (Phi) is 3.31. The smallest absolute Gasteiger partial charge is 0.175 e. The molecule has 0 spiro atoms. The molecule has 1 aromatic carbocycles. The Morgan fingerprint density at radius 1 is 1.24 bits per heavy atom. The minimum absolute atomic E-state index is 0.676. The van der Waals surface area contributed by atoms with Crippen LogP contribution in [0.15, 0.2) is 53.9 Å². The maximum Gasteiger partial charge on any atom is 0.175 e. The Morgan fingerprint density at radius 2 is 1.95 bits per heavy atom. The Labute approximate surface area is 127 Å². The monoisotopic (exact) mass is 302 g/mol. The molecule has 1 atom stereocenters. The Balaban J connectivity index is 2.01. The zero-order chi connectivity index (χ0) is 15.0. The van der Waals surface area contributed by atoms with Crippen LogP contribution >= 0.6 is 11.6 Å². The fourth-order valence-electron chi connectivity index (χ4n) is 2.16. The van der Waals surface area contributed by atoms with Gasteiger partial charge in [-0.2, -0.15) is 10.2 Å². The van der Waals surface area contributed by atoms with Crippen molar-refractivity contribution in [3.05, 3.63) is 59.4 Å². The van der Waals surface area contributed by atoms with Crippen LogP contribution < -0.4 is 5.01 Å². The molecule has 0 saturated carbocycles. The van der Waals surface area contributed by atoms with E-state index in [0.29, 0.717) is 5.02 Å². The average Bonchev–Trinajstić information content (AvgIpc) is 2.86. The minimum Gasteiger partial charge on any atom is -0.366 e. The van der Waals surface area contributed by atoms with E-state index in [9.17, 15) is 5.11 Å².